The van der Waals surface area contributed by atoms with E-state index >= 15 is 0 Å². The monoisotopic (exact) mass is 339 g/mol. The fraction of sp³-hybridized carbons (Fsp3) is 0.143. The lowest BCUT2D eigenvalue weighted by Crippen LogP contribution is -2.24. The first-order valence-corrected chi connectivity index (χ1v) is 7.70. The van der Waals surface area contributed by atoms with Gasteiger partial charge in [-0.15, -0.1) is 11.3 Å². The second-order valence-corrected chi connectivity index (χ2v) is 6.22. The second-order valence-electron chi connectivity index (χ2n) is 4.10. The van der Waals surface area contributed by atoms with Gasteiger partial charge in [-0.3, -0.25) is 5.43 Å². The summed E-state index contributed by atoms with van der Waals surface area (Å²) < 4.78 is 5.89. The molecular formula is C14H14ClN3OS2. The number of benzene rings is 1. The third-order valence-corrected chi connectivity index (χ3v) is 4.12. The highest BCUT2D eigenvalue weighted by molar-refractivity contribution is 7.80. The van der Waals surface area contributed by atoms with Gasteiger partial charge in [-0.2, -0.15) is 5.10 Å². The number of methoxy groups -OCH3 is 1. The predicted molar refractivity (Wildman–Crippen MR) is 93.9 cm³/mol. The second kappa shape index (κ2) is 7.40. The van der Waals surface area contributed by atoms with Gasteiger partial charge in [0.2, 0.25) is 0 Å². The minimum atomic E-state index is 0.408. The van der Waals surface area contributed by atoms with E-state index < -0.39 is 0 Å². The summed E-state index contributed by atoms with van der Waals surface area (Å²) in [6.07, 6.45) is 0. The van der Waals surface area contributed by atoms with E-state index in [1.165, 1.54) is 11.3 Å². The maximum atomic E-state index is 5.90. The van der Waals surface area contributed by atoms with Crippen molar-refractivity contribution in [1.82, 2.24) is 5.43 Å². The standard InChI is InChI=1S/C14H14ClN3OS2/c1-9(12-6-7-13(15)21-12)17-18-14(20)16-10-4-3-5-11(8-10)19-2/h3-8H,1-2H3,(H2,16,18,20)/b17-9-. The van der Waals surface area contributed by atoms with Crippen molar-refractivity contribution < 1.29 is 4.74 Å². The Kier molecular flexibility index (Phi) is 5.55. The molecule has 0 spiro atoms. The summed E-state index contributed by atoms with van der Waals surface area (Å²) in [6.45, 7) is 1.89. The SMILES string of the molecule is COc1cccc(NC(=S)N/N=C(/C)c2ccc(Cl)s2)c1. The van der Waals surface area contributed by atoms with E-state index in [2.05, 4.69) is 15.8 Å². The summed E-state index contributed by atoms with van der Waals surface area (Å²) in [5.41, 5.74) is 4.46. The van der Waals surface area contributed by atoms with Gasteiger partial charge in [-0.25, -0.2) is 0 Å². The van der Waals surface area contributed by atoms with E-state index in [0.717, 1.165) is 26.4 Å². The van der Waals surface area contributed by atoms with Crippen molar-refractivity contribution in [3.8, 4) is 5.75 Å². The number of hydrogen-bond donors (Lipinski definition) is 2. The first kappa shape index (κ1) is 15.8. The molecule has 4 nitrogen and oxygen atoms in total. The van der Waals surface area contributed by atoms with Gasteiger partial charge in [0.25, 0.3) is 0 Å². The van der Waals surface area contributed by atoms with Crippen LogP contribution >= 0.6 is 35.2 Å². The Labute approximate surface area is 137 Å². The molecule has 2 aromatic rings. The molecule has 0 amide bonds. The molecule has 0 saturated carbocycles. The molecule has 0 bridgehead atoms. The third kappa shape index (κ3) is 4.70. The zero-order valence-corrected chi connectivity index (χ0v) is 13.9. The molecule has 21 heavy (non-hydrogen) atoms. The molecule has 7 heteroatoms. The first-order valence-electron chi connectivity index (χ1n) is 6.09. The maximum absolute atomic E-state index is 5.90. The fourth-order valence-electron chi connectivity index (χ4n) is 1.56. The summed E-state index contributed by atoms with van der Waals surface area (Å²) in [7, 11) is 1.62. The van der Waals surface area contributed by atoms with Crippen LogP contribution in [0.25, 0.3) is 0 Å². The predicted octanol–water partition coefficient (Wildman–Crippen LogP) is 4.12. The van der Waals surface area contributed by atoms with E-state index in [-0.39, 0.29) is 0 Å². The molecule has 0 aliphatic heterocycles. The number of thiocarbonyl (C=S) groups is 1. The maximum Gasteiger partial charge on any atom is 0.191 e. The summed E-state index contributed by atoms with van der Waals surface area (Å²) in [5, 5.41) is 7.68. The lowest BCUT2D eigenvalue weighted by Gasteiger charge is -2.08. The van der Waals surface area contributed by atoms with Crippen molar-refractivity contribution in [3.63, 3.8) is 0 Å². The summed E-state index contributed by atoms with van der Waals surface area (Å²) >= 11 is 12.6. The van der Waals surface area contributed by atoms with Gasteiger partial charge in [0.05, 0.1) is 22.0 Å². The molecular weight excluding hydrogens is 326 g/mol. The molecule has 0 radical (unpaired) electrons. The van der Waals surface area contributed by atoms with Crippen LogP contribution in [0.2, 0.25) is 4.34 Å². The molecule has 1 aromatic carbocycles. The minimum absolute atomic E-state index is 0.408. The number of nitrogens with zero attached hydrogens (tertiary/aromatic N) is 1. The van der Waals surface area contributed by atoms with Gasteiger partial charge >= 0.3 is 0 Å². The van der Waals surface area contributed by atoms with Gasteiger partial charge in [0.15, 0.2) is 5.11 Å². The molecule has 1 heterocycles. The number of hydrogen-bond acceptors (Lipinski definition) is 4. The van der Waals surface area contributed by atoms with Crippen molar-refractivity contribution in [2.24, 2.45) is 5.10 Å². The van der Waals surface area contributed by atoms with Crippen molar-refractivity contribution in [2.75, 3.05) is 12.4 Å². The van der Waals surface area contributed by atoms with Gasteiger partial charge in [-0.05, 0) is 43.4 Å². The zero-order valence-electron chi connectivity index (χ0n) is 11.5. The average molecular weight is 340 g/mol. The van der Waals surface area contributed by atoms with Gasteiger partial charge in [-0.1, -0.05) is 17.7 Å². The van der Waals surface area contributed by atoms with Gasteiger partial charge in [0.1, 0.15) is 5.75 Å². The molecule has 0 aliphatic carbocycles. The van der Waals surface area contributed by atoms with Gasteiger partial charge < -0.3 is 10.1 Å². The van der Waals surface area contributed by atoms with Crippen LogP contribution in [0.5, 0.6) is 5.75 Å². The van der Waals surface area contributed by atoms with Crippen LogP contribution in [-0.2, 0) is 0 Å². The largest absolute Gasteiger partial charge is 0.497 e. The Morgan fingerprint density at radius 2 is 2.14 bits per heavy atom. The topological polar surface area (TPSA) is 45.6 Å². The quantitative estimate of drug-likeness (QED) is 0.499. The Morgan fingerprint density at radius 3 is 2.81 bits per heavy atom. The highest BCUT2D eigenvalue weighted by Gasteiger charge is 2.02. The van der Waals surface area contributed by atoms with Crippen LogP contribution in [0.1, 0.15) is 11.8 Å². The third-order valence-electron chi connectivity index (χ3n) is 2.58. The number of nitrogens with one attached hydrogen (secondary N) is 2. The fourth-order valence-corrected chi connectivity index (χ4v) is 2.71. The van der Waals surface area contributed by atoms with Crippen molar-refractivity contribution in [2.45, 2.75) is 6.92 Å². The number of rotatable bonds is 4. The van der Waals surface area contributed by atoms with Crippen LogP contribution in [0.15, 0.2) is 41.5 Å². The van der Waals surface area contributed by atoms with Crippen LogP contribution in [0.3, 0.4) is 0 Å². The summed E-state index contributed by atoms with van der Waals surface area (Å²) in [4.78, 5) is 0.997. The van der Waals surface area contributed by atoms with Crippen LogP contribution in [0, 0.1) is 0 Å². The Bertz CT molecular complexity index is 670. The van der Waals surface area contributed by atoms with Crippen molar-refractivity contribution >= 4 is 51.7 Å². The first-order chi connectivity index (χ1) is 10.1. The average Bonchev–Trinajstić information content (AvgIpc) is 2.91. The molecule has 0 atom stereocenters. The highest BCUT2D eigenvalue weighted by atomic mass is 35.5. The lowest BCUT2D eigenvalue weighted by atomic mass is 10.3. The van der Waals surface area contributed by atoms with E-state index in [4.69, 9.17) is 28.6 Å². The Hall–Kier alpha value is -1.63. The molecule has 2 rings (SSSR count). The van der Waals surface area contributed by atoms with E-state index in [1.807, 2.05) is 43.3 Å². The minimum Gasteiger partial charge on any atom is -0.497 e. The van der Waals surface area contributed by atoms with Crippen LogP contribution in [0.4, 0.5) is 5.69 Å². The van der Waals surface area contributed by atoms with Crippen LogP contribution in [-0.4, -0.2) is 17.9 Å². The molecule has 1 aromatic heterocycles. The molecule has 0 unspecified atom stereocenters. The number of thiophene rings is 1. The number of hydrazone groups is 1. The molecule has 2 N–H and O–H groups in total. The Balaban J connectivity index is 1.95. The molecule has 0 saturated heterocycles. The number of anilines is 1. The lowest BCUT2D eigenvalue weighted by molar-refractivity contribution is 0.415. The normalized spacial score (nSPS) is 11.1. The van der Waals surface area contributed by atoms with Gasteiger partial charge in [0, 0.05) is 11.8 Å². The van der Waals surface area contributed by atoms with Crippen LogP contribution < -0.4 is 15.5 Å². The van der Waals surface area contributed by atoms with Crippen molar-refractivity contribution in [3.05, 3.63) is 45.6 Å². The molecule has 110 valence electrons. The molecule has 0 aliphatic rings. The summed E-state index contributed by atoms with van der Waals surface area (Å²) in [5.74, 6) is 0.760. The van der Waals surface area contributed by atoms with Crippen molar-refractivity contribution in [1.29, 1.82) is 0 Å². The zero-order chi connectivity index (χ0) is 15.2. The number of halogens is 1. The smallest absolute Gasteiger partial charge is 0.191 e. The highest BCUT2D eigenvalue weighted by Crippen LogP contribution is 2.21. The molecule has 0 fully saturated rings. The van der Waals surface area contributed by atoms with E-state index in [9.17, 15) is 0 Å². The number of ether oxygens (including phenoxy) is 1. The summed E-state index contributed by atoms with van der Waals surface area (Å²) in [6, 6.07) is 11.3. The van der Waals surface area contributed by atoms with E-state index in [1.54, 1.807) is 7.11 Å². The van der Waals surface area contributed by atoms with E-state index in [0.29, 0.717) is 5.11 Å². The Morgan fingerprint density at radius 1 is 1.33 bits per heavy atom.